The van der Waals surface area contributed by atoms with Gasteiger partial charge in [0.25, 0.3) is 0 Å². The highest BCUT2D eigenvalue weighted by Gasteiger charge is 2.39. The maximum absolute atomic E-state index is 13.0. The summed E-state index contributed by atoms with van der Waals surface area (Å²) in [5.74, 6) is -1.09. The molecule has 0 aliphatic carbocycles. The van der Waals surface area contributed by atoms with E-state index in [4.69, 9.17) is 10.5 Å². The fourth-order valence-electron chi connectivity index (χ4n) is 2.78. The number of benzene rings is 1. The lowest BCUT2D eigenvalue weighted by Crippen LogP contribution is -2.62. The number of ether oxygens (including phenoxy) is 1. The number of aryl methyl sites for hydroxylation is 1. The average Bonchev–Trinajstić information content (AvgIpc) is 2.59. The first-order valence-electron chi connectivity index (χ1n) is 9.59. The smallest absolute Gasteiger partial charge is 0.408 e. The van der Waals surface area contributed by atoms with E-state index in [-0.39, 0.29) is 6.42 Å². The van der Waals surface area contributed by atoms with Crippen molar-refractivity contribution in [2.75, 3.05) is 0 Å². The van der Waals surface area contributed by atoms with Crippen LogP contribution < -0.4 is 16.4 Å². The number of amides is 3. The molecule has 7 nitrogen and oxygen atoms in total. The molecule has 4 N–H and O–H groups in total. The third-order valence-corrected chi connectivity index (χ3v) is 4.59. The van der Waals surface area contributed by atoms with Crippen LogP contribution in [0.25, 0.3) is 0 Å². The van der Waals surface area contributed by atoms with Gasteiger partial charge in [-0.05, 0) is 46.1 Å². The van der Waals surface area contributed by atoms with Gasteiger partial charge in [-0.2, -0.15) is 0 Å². The number of primary amides is 1. The quantitative estimate of drug-likeness (QED) is 0.632. The minimum Gasteiger partial charge on any atom is -0.444 e. The van der Waals surface area contributed by atoms with Crippen LogP contribution in [0.15, 0.2) is 24.3 Å². The van der Waals surface area contributed by atoms with Gasteiger partial charge in [0.1, 0.15) is 17.2 Å². The molecule has 0 radical (unpaired) electrons. The topological polar surface area (TPSA) is 111 Å². The highest BCUT2D eigenvalue weighted by Crippen LogP contribution is 2.18. The summed E-state index contributed by atoms with van der Waals surface area (Å²) in [7, 11) is 0. The molecule has 0 spiro atoms. The lowest BCUT2D eigenvalue weighted by molar-refractivity contribution is -0.132. The van der Waals surface area contributed by atoms with Gasteiger partial charge in [-0.15, -0.1) is 0 Å². The lowest BCUT2D eigenvalue weighted by Gasteiger charge is -2.33. The second-order valence-corrected chi connectivity index (χ2v) is 8.03. The summed E-state index contributed by atoms with van der Waals surface area (Å²) >= 11 is 0. The molecule has 1 rings (SSSR count). The van der Waals surface area contributed by atoms with Crippen LogP contribution >= 0.6 is 0 Å². The van der Waals surface area contributed by atoms with E-state index in [0.29, 0.717) is 12.8 Å². The zero-order valence-corrected chi connectivity index (χ0v) is 17.7. The molecule has 1 atom stereocenters. The minimum absolute atomic E-state index is 0.275. The number of alkyl carbamates (subject to hydrolysis) is 1. The molecule has 1 aromatic rings. The first kappa shape index (κ1) is 23.5. The van der Waals surface area contributed by atoms with Gasteiger partial charge in [-0.1, -0.05) is 43.7 Å². The van der Waals surface area contributed by atoms with Crippen LogP contribution in [-0.2, 0) is 20.7 Å². The SMILES string of the molecule is CCC(CC)(NC(=O)OC(C)(C)C)C(=O)N[C@@H](Cc1ccc(C)cc1)C(N)=O. The van der Waals surface area contributed by atoms with Crippen LogP contribution in [0.1, 0.15) is 58.6 Å². The molecule has 0 aliphatic heterocycles. The van der Waals surface area contributed by atoms with E-state index in [1.165, 1.54) is 0 Å². The Kier molecular flexibility index (Phi) is 8.02. The Hall–Kier alpha value is -2.57. The van der Waals surface area contributed by atoms with Gasteiger partial charge in [-0.25, -0.2) is 4.79 Å². The molecule has 0 aliphatic rings. The van der Waals surface area contributed by atoms with Crippen LogP contribution in [0.4, 0.5) is 4.79 Å². The van der Waals surface area contributed by atoms with Crippen molar-refractivity contribution in [2.45, 2.75) is 78.0 Å². The van der Waals surface area contributed by atoms with Crippen molar-refractivity contribution < 1.29 is 19.1 Å². The van der Waals surface area contributed by atoms with Crippen LogP contribution in [0.3, 0.4) is 0 Å². The first-order chi connectivity index (χ1) is 12.9. The van der Waals surface area contributed by atoms with E-state index in [9.17, 15) is 14.4 Å². The fraction of sp³-hybridized carbons (Fsp3) is 0.571. The Balaban J connectivity index is 2.95. The molecular formula is C21H33N3O4. The highest BCUT2D eigenvalue weighted by atomic mass is 16.6. The van der Waals surface area contributed by atoms with E-state index in [1.54, 1.807) is 34.6 Å². The standard InChI is InChI=1S/C21H33N3O4/c1-7-21(8-2,24-19(27)28-20(4,5)6)18(26)23-16(17(22)25)13-15-11-9-14(3)10-12-15/h9-12,16H,7-8,13H2,1-6H3,(H2,22,25)(H,23,26)(H,24,27)/t16-/m0/s1. The van der Waals surface area contributed by atoms with Crippen LogP contribution in [0, 0.1) is 6.92 Å². The van der Waals surface area contributed by atoms with Crippen LogP contribution in [0.2, 0.25) is 0 Å². The first-order valence-corrected chi connectivity index (χ1v) is 9.59. The Morgan fingerprint density at radius 3 is 2.04 bits per heavy atom. The number of hydrogen-bond acceptors (Lipinski definition) is 4. The molecule has 7 heteroatoms. The van der Waals surface area contributed by atoms with E-state index in [2.05, 4.69) is 10.6 Å². The van der Waals surface area contributed by atoms with Crippen LogP contribution in [-0.4, -0.2) is 35.1 Å². The maximum Gasteiger partial charge on any atom is 0.408 e. The lowest BCUT2D eigenvalue weighted by atomic mass is 9.91. The van der Waals surface area contributed by atoms with Gasteiger partial charge < -0.3 is 21.1 Å². The van der Waals surface area contributed by atoms with Gasteiger partial charge in [-0.3, -0.25) is 9.59 Å². The predicted octanol–water partition coefficient (Wildman–Crippen LogP) is 2.59. The zero-order chi connectivity index (χ0) is 21.5. The summed E-state index contributed by atoms with van der Waals surface area (Å²) in [6, 6.07) is 6.77. The Morgan fingerprint density at radius 1 is 1.07 bits per heavy atom. The normalized spacial score (nSPS) is 12.8. The van der Waals surface area contributed by atoms with Gasteiger partial charge in [0.15, 0.2) is 0 Å². The summed E-state index contributed by atoms with van der Waals surface area (Å²) < 4.78 is 5.28. The number of rotatable bonds is 8. The molecule has 1 aromatic carbocycles. The number of carbonyl (C=O) groups excluding carboxylic acids is 3. The molecule has 0 saturated carbocycles. The van der Waals surface area contributed by atoms with E-state index in [1.807, 2.05) is 31.2 Å². The largest absolute Gasteiger partial charge is 0.444 e. The molecule has 28 heavy (non-hydrogen) atoms. The zero-order valence-electron chi connectivity index (χ0n) is 17.7. The van der Waals surface area contributed by atoms with E-state index >= 15 is 0 Å². The monoisotopic (exact) mass is 391 g/mol. The molecule has 0 fully saturated rings. The number of hydrogen-bond donors (Lipinski definition) is 3. The summed E-state index contributed by atoms with van der Waals surface area (Å²) in [4.78, 5) is 37.1. The van der Waals surface area contributed by atoms with Gasteiger partial charge in [0.2, 0.25) is 11.8 Å². The molecule has 0 aromatic heterocycles. The van der Waals surface area contributed by atoms with Gasteiger partial charge in [0, 0.05) is 6.42 Å². The molecule has 3 amide bonds. The number of nitrogens with two attached hydrogens (primary N) is 1. The van der Waals surface area contributed by atoms with E-state index < -0.39 is 35.1 Å². The van der Waals surface area contributed by atoms with Gasteiger partial charge in [0.05, 0.1) is 0 Å². The summed E-state index contributed by atoms with van der Waals surface area (Å²) in [6.45, 7) is 10.8. The second kappa shape index (κ2) is 9.57. The molecular weight excluding hydrogens is 358 g/mol. The molecule has 0 bridgehead atoms. The Bertz CT molecular complexity index is 689. The average molecular weight is 392 g/mol. The second-order valence-electron chi connectivity index (χ2n) is 8.03. The summed E-state index contributed by atoms with van der Waals surface area (Å²) in [6.07, 6.45) is 0.271. The van der Waals surface area contributed by atoms with Crippen molar-refractivity contribution in [1.82, 2.24) is 10.6 Å². The minimum atomic E-state index is -1.19. The summed E-state index contributed by atoms with van der Waals surface area (Å²) in [5, 5.41) is 5.38. The number of carbonyl (C=O) groups is 3. The van der Waals surface area contributed by atoms with Gasteiger partial charge >= 0.3 is 6.09 Å². The van der Waals surface area contributed by atoms with Crippen LogP contribution in [0.5, 0.6) is 0 Å². The van der Waals surface area contributed by atoms with Crippen molar-refractivity contribution >= 4 is 17.9 Å². The molecule has 0 saturated heterocycles. The predicted molar refractivity (Wildman–Crippen MR) is 109 cm³/mol. The Labute approximate surface area is 167 Å². The third-order valence-electron chi connectivity index (χ3n) is 4.59. The highest BCUT2D eigenvalue weighted by molar-refractivity contribution is 5.93. The third kappa shape index (κ3) is 6.87. The van der Waals surface area contributed by atoms with Crippen molar-refractivity contribution in [3.63, 3.8) is 0 Å². The summed E-state index contributed by atoms with van der Waals surface area (Å²) in [5.41, 5.74) is 5.61. The fourth-order valence-corrected chi connectivity index (χ4v) is 2.78. The molecule has 0 heterocycles. The number of nitrogens with one attached hydrogen (secondary N) is 2. The van der Waals surface area contributed by atoms with Crippen molar-refractivity contribution in [3.05, 3.63) is 35.4 Å². The Morgan fingerprint density at radius 2 is 1.61 bits per heavy atom. The van der Waals surface area contributed by atoms with E-state index in [0.717, 1.165) is 11.1 Å². The maximum atomic E-state index is 13.0. The van der Waals surface area contributed by atoms with Crippen molar-refractivity contribution in [2.24, 2.45) is 5.73 Å². The molecule has 0 unspecified atom stereocenters. The van der Waals surface area contributed by atoms with Crippen molar-refractivity contribution in [1.29, 1.82) is 0 Å². The van der Waals surface area contributed by atoms with Crippen molar-refractivity contribution in [3.8, 4) is 0 Å². The molecule has 156 valence electrons.